The fourth-order valence-corrected chi connectivity index (χ4v) is 3.89. The van der Waals surface area contributed by atoms with E-state index >= 15 is 0 Å². The van der Waals surface area contributed by atoms with Crippen molar-refractivity contribution in [2.45, 2.75) is 31.1 Å². The van der Waals surface area contributed by atoms with Crippen LogP contribution in [0, 0.1) is 0 Å². The minimum absolute atomic E-state index is 0.0667. The molecule has 1 aliphatic rings. The highest BCUT2D eigenvalue weighted by molar-refractivity contribution is 7.85. The molecule has 0 saturated heterocycles. The van der Waals surface area contributed by atoms with E-state index in [-0.39, 0.29) is 11.3 Å². The van der Waals surface area contributed by atoms with Crippen molar-refractivity contribution in [3.63, 3.8) is 0 Å². The van der Waals surface area contributed by atoms with Gasteiger partial charge in [-0.2, -0.15) is 0 Å². The smallest absolute Gasteiger partial charge is 0.119 e. The molecule has 0 fully saturated rings. The first-order chi connectivity index (χ1) is 8.17. The Balaban J connectivity index is 2.23. The molecule has 0 radical (unpaired) electrons. The molecular formula is C13H19NO2S. The third-order valence-corrected chi connectivity index (χ3v) is 5.22. The van der Waals surface area contributed by atoms with E-state index in [1.165, 1.54) is 5.56 Å². The second kappa shape index (κ2) is 5.19. The van der Waals surface area contributed by atoms with Crippen LogP contribution in [0.15, 0.2) is 18.2 Å². The second-order valence-corrected chi connectivity index (χ2v) is 6.19. The molecule has 0 bridgehead atoms. The summed E-state index contributed by atoms with van der Waals surface area (Å²) in [5.74, 6) is 1.56. The summed E-state index contributed by atoms with van der Waals surface area (Å²) in [5.41, 5.74) is 8.51. The lowest BCUT2D eigenvalue weighted by Gasteiger charge is -2.15. The monoisotopic (exact) mass is 253 g/mol. The van der Waals surface area contributed by atoms with Crippen LogP contribution in [-0.4, -0.2) is 22.3 Å². The van der Waals surface area contributed by atoms with E-state index < -0.39 is 10.8 Å². The fraction of sp³-hybridized carbons (Fsp3) is 0.538. The number of hydrogen-bond acceptors (Lipinski definition) is 3. The maximum atomic E-state index is 12.1. The summed E-state index contributed by atoms with van der Waals surface area (Å²) in [6, 6.07) is 5.84. The Hall–Kier alpha value is -0.870. The third-order valence-electron chi connectivity index (χ3n) is 3.28. The van der Waals surface area contributed by atoms with Gasteiger partial charge >= 0.3 is 0 Å². The van der Waals surface area contributed by atoms with E-state index in [1.807, 2.05) is 18.2 Å². The van der Waals surface area contributed by atoms with Gasteiger partial charge in [0.1, 0.15) is 5.75 Å². The van der Waals surface area contributed by atoms with Crippen LogP contribution in [0.5, 0.6) is 5.75 Å². The molecule has 1 aliphatic carbocycles. The molecular weight excluding hydrogens is 234 g/mol. The van der Waals surface area contributed by atoms with Gasteiger partial charge in [0, 0.05) is 22.6 Å². The normalized spacial score (nSPS) is 24.4. The summed E-state index contributed by atoms with van der Waals surface area (Å²) in [6.07, 6.45) is 1.77. The zero-order valence-corrected chi connectivity index (χ0v) is 11.1. The number of methoxy groups -OCH3 is 1. The molecule has 2 rings (SSSR count). The van der Waals surface area contributed by atoms with E-state index in [0.29, 0.717) is 0 Å². The van der Waals surface area contributed by atoms with E-state index in [0.717, 1.165) is 29.9 Å². The highest BCUT2D eigenvalue weighted by Gasteiger charge is 2.33. The van der Waals surface area contributed by atoms with Crippen molar-refractivity contribution in [1.82, 2.24) is 0 Å². The molecule has 3 atom stereocenters. The molecule has 17 heavy (non-hydrogen) atoms. The standard InChI is InChI=1S/C13H19NO2S/c1-3-6-17(15)12-7-9-4-5-10(16-2)8-11(9)13(12)14/h4-5,8,12-13H,3,6-7,14H2,1-2H3. The highest BCUT2D eigenvalue weighted by atomic mass is 32.2. The minimum atomic E-state index is -0.826. The molecule has 0 amide bonds. The van der Waals surface area contributed by atoms with Crippen LogP contribution in [0.1, 0.15) is 30.5 Å². The van der Waals surface area contributed by atoms with Crippen LogP contribution < -0.4 is 10.5 Å². The lowest BCUT2D eigenvalue weighted by atomic mass is 10.1. The van der Waals surface area contributed by atoms with Gasteiger partial charge in [-0.3, -0.25) is 4.21 Å². The predicted octanol–water partition coefficient (Wildman–Crippen LogP) is 1.78. The predicted molar refractivity (Wildman–Crippen MR) is 70.7 cm³/mol. The molecule has 3 unspecified atom stereocenters. The topological polar surface area (TPSA) is 52.3 Å². The Morgan fingerprint density at radius 3 is 2.94 bits per heavy atom. The van der Waals surface area contributed by atoms with Crippen LogP contribution in [0.4, 0.5) is 0 Å². The first-order valence-electron chi connectivity index (χ1n) is 5.97. The first-order valence-corrected chi connectivity index (χ1v) is 7.35. The van der Waals surface area contributed by atoms with Gasteiger partial charge < -0.3 is 10.5 Å². The van der Waals surface area contributed by atoms with Crippen molar-refractivity contribution in [2.75, 3.05) is 12.9 Å². The van der Waals surface area contributed by atoms with Crippen molar-refractivity contribution in [1.29, 1.82) is 0 Å². The molecule has 1 aromatic rings. The number of benzene rings is 1. The summed E-state index contributed by atoms with van der Waals surface area (Å²) in [5, 5.41) is 0.0667. The van der Waals surface area contributed by atoms with Crippen molar-refractivity contribution < 1.29 is 8.95 Å². The average molecular weight is 253 g/mol. The van der Waals surface area contributed by atoms with Crippen molar-refractivity contribution in [3.8, 4) is 5.75 Å². The molecule has 3 nitrogen and oxygen atoms in total. The quantitative estimate of drug-likeness (QED) is 0.890. The Bertz CT molecular complexity index is 433. The fourth-order valence-electron chi connectivity index (χ4n) is 2.35. The highest BCUT2D eigenvalue weighted by Crippen LogP contribution is 2.35. The van der Waals surface area contributed by atoms with Gasteiger partial charge in [0.05, 0.1) is 12.4 Å². The molecule has 4 heteroatoms. The molecule has 0 spiro atoms. The van der Waals surface area contributed by atoms with Gasteiger partial charge in [0.2, 0.25) is 0 Å². The summed E-state index contributed by atoms with van der Waals surface area (Å²) in [7, 11) is 0.822. The third kappa shape index (κ3) is 2.38. The number of hydrogen-bond donors (Lipinski definition) is 1. The van der Waals surface area contributed by atoms with Gasteiger partial charge in [0.25, 0.3) is 0 Å². The Morgan fingerprint density at radius 1 is 1.53 bits per heavy atom. The number of nitrogens with two attached hydrogens (primary N) is 1. The van der Waals surface area contributed by atoms with E-state index in [1.54, 1.807) is 7.11 Å². The first kappa shape index (κ1) is 12.6. The lowest BCUT2D eigenvalue weighted by molar-refractivity contribution is 0.414. The van der Waals surface area contributed by atoms with Crippen molar-refractivity contribution >= 4 is 10.8 Å². The van der Waals surface area contributed by atoms with Gasteiger partial charge in [-0.25, -0.2) is 0 Å². The molecule has 2 N–H and O–H groups in total. The van der Waals surface area contributed by atoms with E-state index in [4.69, 9.17) is 10.5 Å². The maximum absolute atomic E-state index is 12.1. The SMILES string of the molecule is CCCS(=O)C1Cc2ccc(OC)cc2C1N. The number of fused-ring (bicyclic) bond motifs is 1. The molecule has 0 heterocycles. The molecule has 0 aliphatic heterocycles. The van der Waals surface area contributed by atoms with Crippen LogP contribution >= 0.6 is 0 Å². The summed E-state index contributed by atoms with van der Waals surface area (Å²) in [4.78, 5) is 0. The Labute approximate surface area is 105 Å². The van der Waals surface area contributed by atoms with Crippen molar-refractivity contribution in [2.24, 2.45) is 5.73 Å². The van der Waals surface area contributed by atoms with Gasteiger partial charge in [0.15, 0.2) is 0 Å². The Kier molecular flexibility index (Phi) is 3.84. The number of ether oxygens (including phenoxy) is 1. The lowest BCUT2D eigenvalue weighted by Crippen LogP contribution is -2.28. The zero-order chi connectivity index (χ0) is 12.4. The van der Waals surface area contributed by atoms with Crippen LogP contribution in [0.25, 0.3) is 0 Å². The Morgan fingerprint density at radius 2 is 2.29 bits per heavy atom. The van der Waals surface area contributed by atoms with E-state index in [2.05, 4.69) is 6.92 Å². The second-order valence-electron chi connectivity index (χ2n) is 4.42. The average Bonchev–Trinajstić information content (AvgIpc) is 2.67. The van der Waals surface area contributed by atoms with Crippen LogP contribution in [-0.2, 0) is 17.2 Å². The van der Waals surface area contributed by atoms with Crippen LogP contribution in [0.3, 0.4) is 0 Å². The van der Waals surface area contributed by atoms with Gasteiger partial charge in [-0.15, -0.1) is 0 Å². The van der Waals surface area contributed by atoms with Crippen molar-refractivity contribution in [3.05, 3.63) is 29.3 Å². The minimum Gasteiger partial charge on any atom is -0.497 e. The maximum Gasteiger partial charge on any atom is 0.119 e. The van der Waals surface area contributed by atoms with Gasteiger partial charge in [-0.05, 0) is 36.1 Å². The van der Waals surface area contributed by atoms with E-state index in [9.17, 15) is 4.21 Å². The molecule has 0 saturated carbocycles. The molecule has 1 aromatic carbocycles. The number of rotatable bonds is 4. The van der Waals surface area contributed by atoms with Crippen LogP contribution in [0.2, 0.25) is 0 Å². The summed E-state index contributed by atoms with van der Waals surface area (Å²) in [6.45, 7) is 2.05. The summed E-state index contributed by atoms with van der Waals surface area (Å²) < 4.78 is 17.3. The zero-order valence-electron chi connectivity index (χ0n) is 10.3. The summed E-state index contributed by atoms with van der Waals surface area (Å²) >= 11 is 0. The molecule has 0 aromatic heterocycles. The van der Waals surface area contributed by atoms with Gasteiger partial charge in [-0.1, -0.05) is 13.0 Å². The molecule has 94 valence electrons. The largest absolute Gasteiger partial charge is 0.497 e.